The fourth-order valence-electron chi connectivity index (χ4n) is 1.59. The van der Waals surface area contributed by atoms with Crippen molar-refractivity contribution < 1.29 is 9.90 Å². The number of carbonyl (C=O) groups is 1. The van der Waals surface area contributed by atoms with Crippen molar-refractivity contribution in [3.63, 3.8) is 0 Å². The summed E-state index contributed by atoms with van der Waals surface area (Å²) in [5.74, 6) is -0.748. The van der Waals surface area contributed by atoms with E-state index in [1.165, 1.54) is 0 Å². The van der Waals surface area contributed by atoms with Gasteiger partial charge in [-0.3, -0.25) is 4.79 Å². The number of aromatic nitrogens is 1. The van der Waals surface area contributed by atoms with Crippen molar-refractivity contribution in [1.29, 1.82) is 0 Å². The third kappa shape index (κ3) is 2.94. The fraction of sp³-hybridized carbons (Fsp3) is 0.333. The Morgan fingerprint density at radius 1 is 1.47 bits per heavy atom. The number of carboxylic acids is 1. The molecule has 4 nitrogen and oxygen atoms in total. The molecule has 0 saturated heterocycles. The number of hydrogen-bond donors (Lipinski definition) is 1. The van der Waals surface area contributed by atoms with Gasteiger partial charge in [0.05, 0.1) is 10.2 Å². The summed E-state index contributed by atoms with van der Waals surface area (Å²) in [6, 6.07) is 7.99. The molecule has 0 fully saturated rings. The van der Waals surface area contributed by atoms with E-state index >= 15 is 0 Å². The molecule has 0 atom stereocenters. The van der Waals surface area contributed by atoms with Gasteiger partial charge in [0.15, 0.2) is 5.13 Å². The molecule has 2 aromatic rings. The molecule has 2 rings (SSSR count). The van der Waals surface area contributed by atoms with Gasteiger partial charge in [0, 0.05) is 20.0 Å². The number of fused-ring (bicyclic) bond motifs is 1. The van der Waals surface area contributed by atoms with Gasteiger partial charge in [0.1, 0.15) is 0 Å². The van der Waals surface area contributed by atoms with Crippen LogP contribution in [0.25, 0.3) is 10.2 Å². The topological polar surface area (TPSA) is 53.4 Å². The average Bonchev–Trinajstić information content (AvgIpc) is 2.71. The van der Waals surface area contributed by atoms with Gasteiger partial charge in [0.25, 0.3) is 0 Å². The highest BCUT2D eigenvalue weighted by Gasteiger charge is 2.08. The van der Waals surface area contributed by atoms with Gasteiger partial charge < -0.3 is 10.0 Å². The Labute approximate surface area is 104 Å². The van der Waals surface area contributed by atoms with Crippen LogP contribution in [0.15, 0.2) is 24.3 Å². The quantitative estimate of drug-likeness (QED) is 0.886. The van der Waals surface area contributed by atoms with Crippen molar-refractivity contribution in [1.82, 2.24) is 4.98 Å². The molecule has 0 spiro atoms. The number of carboxylic acid groups (broad SMARTS) is 1. The van der Waals surface area contributed by atoms with Crippen LogP contribution in [0.2, 0.25) is 0 Å². The van der Waals surface area contributed by atoms with Gasteiger partial charge in [-0.05, 0) is 18.6 Å². The zero-order valence-electron chi connectivity index (χ0n) is 9.59. The second-order valence-electron chi connectivity index (χ2n) is 3.88. The average molecular weight is 250 g/mol. The SMILES string of the molecule is CN(CCCC(=O)O)c1nc2ccccc2s1. The Hall–Kier alpha value is -1.62. The van der Waals surface area contributed by atoms with Gasteiger partial charge in [-0.2, -0.15) is 0 Å². The lowest BCUT2D eigenvalue weighted by Gasteiger charge is -2.14. The second kappa shape index (κ2) is 5.14. The molecule has 0 bridgehead atoms. The Balaban J connectivity index is 2.03. The summed E-state index contributed by atoms with van der Waals surface area (Å²) in [6.45, 7) is 0.714. The number of thiazole rings is 1. The van der Waals surface area contributed by atoms with Crippen LogP contribution in [-0.4, -0.2) is 29.7 Å². The summed E-state index contributed by atoms with van der Waals surface area (Å²) in [5.41, 5.74) is 0.998. The van der Waals surface area contributed by atoms with E-state index < -0.39 is 5.97 Å². The van der Waals surface area contributed by atoms with E-state index in [1.807, 2.05) is 36.2 Å². The molecule has 0 radical (unpaired) electrons. The zero-order valence-corrected chi connectivity index (χ0v) is 10.4. The van der Waals surface area contributed by atoms with Crippen LogP contribution in [0, 0.1) is 0 Å². The predicted molar refractivity (Wildman–Crippen MR) is 69.8 cm³/mol. The predicted octanol–water partition coefficient (Wildman–Crippen LogP) is 2.60. The first-order chi connectivity index (χ1) is 8.16. The molecule has 0 amide bonds. The lowest BCUT2D eigenvalue weighted by Crippen LogP contribution is -2.18. The number of anilines is 1. The van der Waals surface area contributed by atoms with Crippen LogP contribution in [0.5, 0.6) is 0 Å². The Kier molecular flexibility index (Phi) is 3.58. The van der Waals surface area contributed by atoms with E-state index in [1.54, 1.807) is 11.3 Å². The maximum Gasteiger partial charge on any atom is 0.303 e. The van der Waals surface area contributed by atoms with Crippen molar-refractivity contribution in [3.8, 4) is 0 Å². The van der Waals surface area contributed by atoms with E-state index in [4.69, 9.17) is 5.11 Å². The summed E-state index contributed by atoms with van der Waals surface area (Å²) >= 11 is 1.63. The molecule has 1 aromatic heterocycles. The minimum atomic E-state index is -0.748. The van der Waals surface area contributed by atoms with E-state index in [-0.39, 0.29) is 6.42 Å². The molecule has 0 aliphatic heterocycles. The molecule has 5 heteroatoms. The summed E-state index contributed by atoms with van der Waals surface area (Å²) in [4.78, 5) is 16.9. The van der Waals surface area contributed by atoms with Gasteiger partial charge in [-0.25, -0.2) is 4.98 Å². The van der Waals surface area contributed by atoms with Gasteiger partial charge in [-0.1, -0.05) is 23.5 Å². The van der Waals surface area contributed by atoms with Gasteiger partial charge in [-0.15, -0.1) is 0 Å². The van der Waals surface area contributed by atoms with E-state index in [9.17, 15) is 4.79 Å². The number of benzene rings is 1. The first kappa shape index (κ1) is 11.9. The molecule has 0 unspecified atom stereocenters. The van der Waals surface area contributed by atoms with Crippen LogP contribution < -0.4 is 4.90 Å². The van der Waals surface area contributed by atoms with E-state index in [0.717, 1.165) is 15.3 Å². The normalized spacial score (nSPS) is 10.6. The van der Waals surface area contributed by atoms with Crippen LogP contribution >= 0.6 is 11.3 Å². The minimum absolute atomic E-state index is 0.204. The number of aliphatic carboxylic acids is 1. The third-order valence-corrected chi connectivity index (χ3v) is 3.64. The highest BCUT2D eigenvalue weighted by atomic mass is 32.1. The van der Waals surface area contributed by atoms with Crippen molar-refractivity contribution in [2.24, 2.45) is 0 Å². The van der Waals surface area contributed by atoms with Gasteiger partial charge >= 0.3 is 5.97 Å². The zero-order chi connectivity index (χ0) is 12.3. The second-order valence-corrected chi connectivity index (χ2v) is 4.89. The highest BCUT2D eigenvalue weighted by molar-refractivity contribution is 7.22. The van der Waals surface area contributed by atoms with Crippen LogP contribution in [0.4, 0.5) is 5.13 Å². The molecule has 1 aromatic carbocycles. The molecule has 90 valence electrons. The molecule has 1 N–H and O–H groups in total. The monoisotopic (exact) mass is 250 g/mol. The molecule has 0 aliphatic rings. The largest absolute Gasteiger partial charge is 0.481 e. The molecule has 0 saturated carbocycles. The maximum atomic E-state index is 10.4. The number of hydrogen-bond acceptors (Lipinski definition) is 4. The Morgan fingerprint density at radius 3 is 2.94 bits per heavy atom. The molecule has 0 aliphatic carbocycles. The Bertz CT molecular complexity index is 491. The highest BCUT2D eigenvalue weighted by Crippen LogP contribution is 2.27. The number of para-hydroxylation sites is 1. The Morgan fingerprint density at radius 2 is 2.24 bits per heavy atom. The van der Waals surface area contributed by atoms with Crippen molar-refractivity contribution in [2.45, 2.75) is 12.8 Å². The van der Waals surface area contributed by atoms with E-state index in [0.29, 0.717) is 13.0 Å². The van der Waals surface area contributed by atoms with Gasteiger partial charge in [0.2, 0.25) is 0 Å². The summed E-state index contributed by atoms with van der Waals surface area (Å²) < 4.78 is 1.16. The minimum Gasteiger partial charge on any atom is -0.481 e. The van der Waals surface area contributed by atoms with Crippen LogP contribution in [0.3, 0.4) is 0 Å². The summed E-state index contributed by atoms with van der Waals surface area (Å²) in [6.07, 6.45) is 0.844. The lowest BCUT2D eigenvalue weighted by molar-refractivity contribution is -0.137. The van der Waals surface area contributed by atoms with Crippen molar-refractivity contribution in [2.75, 3.05) is 18.5 Å². The molecule has 1 heterocycles. The van der Waals surface area contributed by atoms with Crippen molar-refractivity contribution in [3.05, 3.63) is 24.3 Å². The number of rotatable bonds is 5. The standard InChI is InChI=1S/C12H14N2O2S/c1-14(8-4-7-11(15)16)12-13-9-5-2-3-6-10(9)17-12/h2-3,5-6H,4,7-8H2,1H3,(H,15,16). The fourth-order valence-corrected chi connectivity index (χ4v) is 2.54. The maximum absolute atomic E-state index is 10.4. The number of nitrogens with zero attached hydrogens (tertiary/aromatic N) is 2. The molecule has 17 heavy (non-hydrogen) atoms. The lowest BCUT2D eigenvalue weighted by atomic mass is 10.3. The van der Waals surface area contributed by atoms with Crippen LogP contribution in [-0.2, 0) is 4.79 Å². The molecular formula is C12H14N2O2S. The summed E-state index contributed by atoms with van der Waals surface area (Å²) in [5, 5.41) is 9.52. The molecular weight excluding hydrogens is 236 g/mol. The van der Waals surface area contributed by atoms with Crippen molar-refractivity contribution >= 4 is 32.7 Å². The smallest absolute Gasteiger partial charge is 0.303 e. The van der Waals surface area contributed by atoms with E-state index in [2.05, 4.69) is 4.98 Å². The first-order valence-corrected chi connectivity index (χ1v) is 6.27. The first-order valence-electron chi connectivity index (χ1n) is 5.45. The third-order valence-electron chi connectivity index (χ3n) is 2.49. The summed E-state index contributed by atoms with van der Waals surface area (Å²) in [7, 11) is 1.94. The van der Waals surface area contributed by atoms with Crippen LogP contribution in [0.1, 0.15) is 12.8 Å².